The van der Waals surface area contributed by atoms with E-state index in [1.54, 1.807) is 14.1 Å². The maximum absolute atomic E-state index is 11.9. The van der Waals surface area contributed by atoms with E-state index in [0.717, 1.165) is 6.08 Å². The van der Waals surface area contributed by atoms with Crippen molar-refractivity contribution in [1.82, 2.24) is 0 Å². The first-order valence-electron chi connectivity index (χ1n) is 3.02. The van der Waals surface area contributed by atoms with Gasteiger partial charge < -0.3 is 0 Å². The van der Waals surface area contributed by atoms with E-state index in [0.29, 0.717) is 0 Å². The number of halogens is 3. The molecule has 0 aromatic heterocycles. The van der Waals surface area contributed by atoms with Gasteiger partial charge in [0, 0.05) is 6.08 Å². The van der Waals surface area contributed by atoms with E-state index in [4.69, 9.17) is 0 Å². The van der Waals surface area contributed by atoms with Crippen LogP contribution >= 0.6 is 0 Å². The van der Waals surface area contributed by atoms with Crippen molar-refractivity contribution < 1.29 is 17.8 Å². The third-order valence-corrected chi connectivity index (χ3v) is 1.25. The molecule has 0 aromatic rings. The number of rotatable bonds is 0. The molecule has 0 fully saturated rings. The Balaban J connectivity index is 2.89. The molecule has 0 spiro atoms. The maximum atomic E-state index is 11.9. The van der Waals surface area contributed by atoms with E-state index in [9.17, 15) is 13.2 Å². The molecular weight excluding hydrogens is 157 g/mol. The van der Waals surface area contributed by atoms with Crippen LogP contribution in [0.25, 0.3) is 0 Å². The Labute approximate surface area is 62.2 Å². The SMILES string of the molecule is C[N+]1(C)C=CC(C(F)(F)F)=N1. The highest BCUT2D eigenvalue weighted by atomic mass is 19.4. The first-order chi connectivity index (χ1) is 4.81. The minimum Gasteiger partial charge on any atom is -0.176 e. The topological polar surface area (TPSA) is 12.4 Å². The summed E-state index contributed by atoms with van der Waals surface area (Å²) in [6, 6.07) is 0. The van der Waals surface area contributed by atoms with Gasteiger partial charge in [0.15, 0.2) is 0 Å². The summed E-state index contributed by atoms with van der Waals surface area (Å²) in [4.78, 5) is 0. The average Bonchev–Trinajstić information content (AvgIpc) is 2.07. The Morgan fingerprint density at radius 2 is 1.91 bits per heavy atom. The normalized spacial score (nSPS) is 22.1. The summed E-state index contributed by atoms with van der Waals surface area (Å²) in [6.07, 6.45) is -1.95. The Hall–Kier alpha value is -0.840. The molecular formula is C6H8F3N2+. The van der Waals surface area contributed by atoms with Crippen molar-refractivity contribution in [3.63, 3.8) is 0 Å². The highest BCUT2D eigenvalue weighted by Gasteiger charge is 2.40. The quantitative estimate of drug-likeness (QED) is 0.482. The Kier molecular flexibility index (Phi) is 1.56. The summed E-state index contributed by atoms with van der Waals surface area (Å²) in [5.74, 6) is 0. The van der Waals surface area contributed by atoms with Gasteiger partial charge in [0.05, 0.1) is 14.1 Å². The lowest BCUT2D eigenvalue weighted by molar-refractivity contribution is -0.843. The number of allylic oxidation sites excluding steroid dienone is 1. The van der Waals surface area contributed by atoms with Crippen LogP contribution < -0.4 is 0 Å². The molecule has 0 N–H and O–H groups in total. The maximum Gasteiger partial charge on any atom is 0.438 e. The van der Waals surface area contributed by atoms with Crippen LogP contribution in [0.2, 0.25) is 0 Å². The molecule has 0 bridgehead atoms. The lowest BCUT2D eigenvalue weighted by Gasteiger charge is -2.12. The Bertz CT molecular complexity index is 224. The van der Waals surface area contributed by atoms with Crippen LogP contribution in [0.4, 0.5) is 13.2 Å². The summed E-state index contributed by atoms with van der Waals surface area (Å²) < 4.78 is 35.6. The van der Waals surface area contributed by atoms with Crippen molar-refractivity contribution in [3.8, 4) is 0 Å². The van der Waals surface area contributed by atoms with Crippen LogP contribution in [0.3, 0.4) is 0 Å². The van der Waals surface area contributed by atoms with E-state index in [2.05, 4.69) is 5.10 Å². The minimum absolute atomic E-state index is 0.0884. The molecule has 5 heteroatoms. The zero-order valence-electron chi connectivity index (χ0n) is 6.18. The second kappa shape index (κ2) is 2.07. The van der Waals surface area contributed by atoms with E-state index in [1.165, 1.54) is 6.20 Å². The van der Waals surface area contributed by atoms with E-state index in [-0.39, 0.29) is 4.59 Å². The third kappa shape index (κ3) is 1.80. The summed E-state index contributed by atoms with van der Waals surface area (Å²) >= 11 is 0. The predicted octanol–water partition coefficient (Wildman–Crippen LogP) is 1.51. The number of quaternary nitrogens is 1. The van der Waals surface area contributed by atoms with Crippen LogP contribution in [-0.2, 0) is 0 Å². The fourth-order valence-corrected chi connectivity index (χ4v) is 0.749. The molecule has 1 aliphatic rings. The number of alkyl halides is 3. The van der Waals surface area contributed by atoms with E-state index in [1.807, 2.05) is 0 Å². The number of hydrogen-bond acceptors (Lipinski definition) is 1. The van der Waals surface area contributed by atoms with Crippen molar-refractivity contribution >= 4 is 5.71 Å². The van der Waals surface area contributed by atoms with Gasteiger partial charge in [-0.2, -0.15) is 17.8 Å². The van der Waals surface area contributed by atoms with Crippen LogP contribution in [-0.4, -0.2) is 30.6 Å². The molecule has 0 atom stereocenters. The largest absolute Gasteiger partial charge is 0.438 e. The summed E-state index contributed by atoms with van der Waals surface area (Å²) in [6.45, 7) is 0. The van der Waals surface area contributed by atoms with Gasteiger partial charge in [-0.1, -0.05) is 5.10 Å². The van der Waals surface area contributed by atoms with Gasteiger partial charge >= 0.3 is 6.18 Å². The standard InChI is InChI=1S/C6H8F3N2/c1-11(2)4-3-5(10-11)6(7,8)9/h3-4H,1-2H3/q+1. The molecule has 1 rings (SSSR count). The molecule has 0 amide bonds. The first-order valence-corrected chi connectivity index (χ1v) is 3.02. The molecule has 11 heavy (non-hydrogen) atoms. The van der Waals surface area contributed by atoms with Crippen molar-refractivity contribution in [3.05, 3.63) is 12.3 Å². The first kappa shape index (κ1) is 8.26. The monoisotopic (exact) mass is 165 g/mol. The second-order valence-corrected chi connectivity index (χ2v) is 2.78. The number of hydrogen-bond donors (Lipinski definition) is 0. The Morgan fingerprint density at radius 3 is 2.09 bits per heavy atom. The molecule has 62 valence electrons. The molecule has 0 aliphatic carbocycles. The zero-order valence-corrected chi connectivity index (χ0v) is 6.18. The van der Waals surface area contributed by atoms with Crippen LogP contribution in [0.5, 0.6) is 0 Å². The predicted molar refractivity (Wildman–Crippen MR) is 34.7 cm³/mol. The average molecular weight is 165 g/mol. The smallest absolute Gasteiger partial charge is 0.176 e. The number of nitrogens with zero attached hydrogens (tertiary/aromatic N) is 2. The van der Waals surface area contributed by atoms with Crippen molar-refractivity contribution in [2.45, 2.75) is 6.18 Å². The molecule has 0 aromatic carbocycles. The van der Waals surface area contributed by atoms with Gasteiger partial charge in [-0.05, 0) is 0 Å². The van der Waals surface area contributed by atoms with Gasteiger partial charge in [-0.25, -0.2) is 0 Å². The molecule has 0 saturated carbocycles. The fourth-order valence-electron chi connectivity index (χ4n) is 0.749. The summed E-state index contributed by atoms with van der Waals surface area (Å²) in [7, 11) is 3.13. The van der Waals surface area contributed by atoms with Gasteiger partial charge in [0.25, 0.3) is 0 Å². The van der Waals surface area contributed by atoms with Crippen molar-refractivity contribution in [2.75, 3.05) is 14.1 Å². The van der Waals surface area contributed by atoms with Crippen LogP contribution in [0.1, 0.15) is 0 Å². The van der Waals surface area contributed by atoms with Crippen molar-refractivity contribution in [2.24, 2.45) is 5.10 Å². The summed E-state index contributed by atoms with van der Waals surface area (Å²) in [5.41, 5.74) is -0.817. The zero-order chi connectivity index (χ0) is 8.70. The molecule has 1 aliphatic heterocycles. The fraction of sp³-hybridized carbons (Fsp3) is 0.500. The van der Waals surface area contributed by atoms with Crippen LogP contribution in [0, 0.1) is 0 Å². The van der Waals surface area contributed by atoms with Gasteiger partial charge in [0.2, 0.25) is 5.71 Å². The molecule has 2 nitrogen and oxygen atoms in total. The highest BCUT2D eigenvalue weighted by molar-refractivity contribution is 5.99. The molecule has 0 saturated heterocycles. The highest BCUT2D eigenvalue weighted by Crippen LogP contribution is 2.23. The Morgan fingerprint density at radius 1 is 1.36 bits per heavy atom. The second-order valence-electron chi connectivity index (χ2n) is 2.78. The molecule has 0 unspecified atom stereocenters. The van der Waals surface area contributed by atoms with E-state index < -0.39 is 11.9 Å². The van der Waals surface area contributed by atoms with Gasteiger partial charge in [-0.15, -0.1) is 0 Å². The minimum atomic E-state index is -4.32. The van der Waals surface area contributed by atoms with Gasteiger partial charge in [0.1, 0.15) is 6.20 Å². The van der Waals surface area contributed by atoms with Crippen LogP contribution in [0.15, 0.2) is 17.4 Å². The molecule has 0 radical (unpaired) electrons. The van der Waals surface area contributed by atoms with Gasteiger partial charge in [-0.3, -0.25) is 0 Å². The third-order valence-electron chi connectivity index (χ3n) is 1.25. The molecule has 1 heterocycles. The van der Waals surface area contributed by atoms with Crippen molar-refractivity contribution in [1.29, 1.82) is 0 Å². The van der Waals surface area contributed by atoms with E-state index >= 15 is 0 Å². The summed E-state index contributed by atoms with van der Waals surface area (Å²) in [5, 5.41) is 3.41. The lowest BCUT2D eigenvalue weighted by Crippen LogP contribution is -2.26. The lowest BCUT2D eigenvalue weighted by atomic mass is 10.4.